The van der Waals surface area contributed by atoms with Gasteiger partial charge in [0, 0.05) is 29.9 Å². The number of hydrogen-bond acceptors (Lipinski definition) is 5. The Labute approximate surface area is 178 Å². The minimum absolute atomic E-state index is 0.274. The number of anilines is 2. The van der Waals surface area contributed by atoms with Crippen molar-refractivity contribution >= 4 is 34.2 Å². The van der Waals surface area contributed by atoms with Crippen molar-refractivity contribution in [2.24, 2.45) is 7.05 Å². The van der Waals surface area contributed by atoms with E-state index in [1.54, 1.807) is 54.3 Å². The van der Waals surface area contributed by atoms with E-state index < -0.39 is 0 Å². The number of fused-ring (bicyclic) bond motifs is 1. The molecule has 4 aromatic rings. The molecule has 2 aromatic carbocycles. The SMILES string of the molecule is COc1ccccc1NC(=O)c1ccc(NC(=O)c2cnc3c(c2)c(C)nn3C)cc1. The number of rotatable bonds is 5. The van der Waals surface area contributed by atoms with Crippen molar-refractivity contribution < 1.29 is 14.3 Å². The fourth-order valence-corrected chi connectivity index (χ4v) is 3.28. The molecule has 0 fully saturated rings. The van der Waals surface area contributed by atoms with E-state index in [1.165, 1.54) is 6.20 Å². The highest BCUT2D eigenvalue weighted by atomic mass is 16.5. The summed E-state index contributed by atoms with van der Waals surface area (Å²) in [5.74, 6) is 0.0159. The molecule has 0 saturated heterocycles. The first-order valence-electron chi connectivity index (χ1n) is 9.61. The molecule has 4 rings (SSSR count). The van der Waals surface area contributed by atoms with Gasteiger partial charge in [0.05, 0.1) is 24.1 Å². The highest BCUT2D eigenvalue weighted by molar-refractivity contribution is 6.07. The van der Waals surface area contributed by atoms with Crippen LogP contribution < -0.4 is 15.4 Å². The highest BCUT2D eigenvalue weighted by Gasteiger charge is 2.13. The van der Waals surface area contributed by atoms with Crippen LogP contribution in [0.5, 0.6) is 5.75 Å². The van der Waals surface area contributed by atoms with Gasteiger partial charge in [-0.2, -0.15) is 5.10 Å². The maximum Gasteiger partial charge on any atom is 0.257 e. The van der Waals surface area contributed by atoms with Crippen LogP contribution in [0.15, 0.2) is 60.8 Å². The molecule has 0 aliphatic carbocycles. The molecular formula is C23H21N5O3. The van der Waals surface area contributed by atoms with Crippen LogP contribution in [0.3, 0.4) is 0 Å². The van der Waals surface area contributed by atoms with Gasteiger partial charge in [-0.25, -0.2) is 4.98 Å². The van der Waals surface area contributed by atoms with E-state index in [0.29, 0.717) is 28.3 Å². The number of ether oxygens (including phenoxy) is 1. The number of aryl methyl sites for hydroxylation is 2. The molecule has 0 atom stereocenters. The smallest absolute Gasteiger partial charge is 0.257 e. The first-order valence-corrected chi connectivity index (χ1v) is 9.61. The van der Waals surface area contributed by atoms with E-state index in [0.717, 1.165) is 16.7 Å². The number of para-hydroxylation sites is 2. The van der Waals surface area contributed by atoms with Gasteiger partial charge in [0.25, 0.3) is 11.8 Å². The Morgan fingerprint density at radius 3 is 2.42 bits per heavy atom. The van der Waals surface area contributed by atoms with Crippen molar-refractivity contribution in [1.29, 1.82) is 0 Å². The van der Waals surface area contributed by atoms with Crippen LogP contribution in [0.2, 0.25) is 0 Å². The van der Waals surface area contributed by atoms with E-state index in [-0.39, 0.29) is 11.8 Å². The summed E-state index contributed by atoms with van der Waals surface area (Å²) in [4.78, 5) is 29.5. The normalized spacial score (nSPS) is 10.7. The first-order chi connectivity index (χ1) is 15.0. The quantitative estimate of drug-likeness (QED) is 0.517. The molecule has 8 nitrogen and oxygen atoms in total. The lowest BCUT2D eigenvalue weighted by Crippen LogP contribution is -2.14. The van der Waals surface area contributed by atoms with Crippen LogP contribution >= 0.6 is 0 Å². The third-order valence-electron chi connectivity index (χ3n) is 4.89. The van der Waals surface area contributed by atoms with E-state index in [1.807, 2.05) is 26.1 Å². The third-order valence-corrected chi connectivity index (χ3v) is 4.89. The molecule has 0 spiro atoms. The zero-order valence-electron chi connectivity index (χ0n) is 17.3. The summed E-state index contributed by atoms with van der Waals surface area (Å²) < 4.78 is 6.93. The topological polar surface area (TPSA) is 98.1 Å². The van der Waals surface area contributed by atoms with Crippen molar-refractivity contribution in [3.8, 4) is 5.75 Å². The zero-order chi connectivity index (χ0) is 22.0. The summed E-state index contributed by atoms with van der Waals surface area (Å²) in [5.41, 5.74) is 3.58. The summed E-state index contributed by atoms with van der Waals surface area (Å²) in [5, 5.41) is 10.8. The van der Waals surface area contributed by atoms with Crippen molar-refractivity contribution in [2.45, 2.75) is 6.92 Å². The summed E-state index contributed by atoms with van der Waals surface area (Å²) in [6.07, 6.45) is 1.52. The number of hydrogen-bond donors (Lipinski definition) is 2. The van der Waals surface area contributed by atoms with Gasteiger partial charge in [-0.1, -0.05) is 12.1 Å². The Morgan fingerprint density at radius 1 is 0.968 bits per heavy atom. The van der Waals surface area contributed by atoms with Crippen LogP contribution in [0, 0.1) is 6.92 Å². The number of aromatic nitrogens is 3. The predicted molar refractivity (Wildman–Crippen MR) is 119 cm³/mol. The van der Waals surface area contributed by atoms with Gasteiger partial charge in [-0.15, -0.1) is 0 Å². The third kappa shape index (κ3) is 4.09. The average molecular weight is 415 g/mol. The molecule has 0 radical (unpaired) electrons. The summed E-state index contributed by atoms with van der Waals surface area (Å²) in [6.45, 7) is 1.88. The second kappa shape index (κ2) is 8.27. The predicted octanol–water partition coefficient (Wildman–Crippen LogP) is 3.79. The number of amides is 2. The minimum atomic E-state index is -0.288. The Morgan fingerprint density at radius 2 is 1.68 bits per heavy atom. The summed E-state index contributed by atoms with van der Waals surface area (Å²) in [6, 6.07) is 15.6. The van der Waals surface area contributed by atoms with Gasteiger partial charge in [-0.05, 0) is 49.4 Å². The van der Waals surface area contributed by atoms with Crippen molar-refractivity contribution in [3.63, 3.8) is 0 Å². The highest BCUT2D eigenvalue weighted by Crippen LogP contribution is 2.24. The number of nitrogens with zero attached hydrogens (tertiary/aromatic N) is 3. The number of carbonyl (C=O) groups excluding carboxylic acids is 2. The molecule has 0 saturated carbocycles. The number of pyridine rings is 1. The Balaban J connectivity index is 1.46. The Kier molecular flexibility index (Phi) is 5.36. The molecule has 31 heavy (non-hydrogen) atoms. The second-order valence-corrected chi connectivity index (χ2v) is 6.99. The monoisotopic (exact) mass is 415 g/mol. The van der Waals surface area contributed by atoms with Crippen LogP contribution in [0.4, 0.5) is 11.4 Å². The zero-order valence-corrected chi connectivity index (χ0v) is 17.3. The summed E-state index contributed by atoms with van der Waals surface area (Å²) in [7, 11) is 3.36. The van der Waals surface area contributed by atoms with E-state index in [2.05, 4.69) is 20.7 Å². The lowest BCUT2D eigenvalue weighted by molar-refractivity contribution is 0.101. The fraction of sp³-hybridized carbons (Fsp3) is 0.130. The van der Waals surface area contributed by atoms with E-state index >= 15 is 0 Å². The van der Waals surface area contributed by atoms with Crippen molar-refractivity contribution in [1.82, 2.24) is 14.8 Å². The first kappa shape index (κ1) is 20.1. The van der Waals surface area contributed by atoms with Gasteiger partial charge in [0.15, 0.2) is 5.65 Å². The van der Waals surface area contributed by atoms with E-state index in [4.69, 9.17) is 4.74 Å². The molecular weight excluding hydrogens is 394 g/mol. The molecule has 0 aliphatic rings. The molecule has 2 amide bonds. The van der Waals surface area contributed by atoms with Gasteiger partial charge >= 0.3 is 0 Å². The maximum absolute atomic E-state index is 12.6. The van der Waals surface area contributed by atoms with Crippen LogP contribution in [-0.4, -0.2) is 33.7 Å². The van der Waals surface area contributed by atoms with Crippen LogP contribution in [0.25, 0.3) is 11.0 Å². The largest absolute Gasteiger partial charge is 0.495 e. The molecule has 156 valence electrons. The number of benzene rings is 2. The number of methoxy groups -OCH3 is 1. The fourth-order valence-electron chi connectivity index (χ4n) is 3.28. The van der Waals surface area contributed by atoms with Gasteiger partial charge in [0.1, 0.15) is 5.75 Å². The molecule has 2 N–H and O–H groups in total. The lowest BCUT2D eigenvalue weighted by Gasteiger charge is -2.10. The summed E-state index contributed by atoms with van der Waals surface area (Å²) >= 11 is 0. The van der Waals surface area contributed by atoms with Gasteiger partial charge in [-0.3, -0.25) is 14.3 Å². The number of nitrogens with one attached hydrogen (secondary N) is 2. The van der Waals surface area contributed by atoms with Crippen molar-refractivity contribution in [2.75, 3.05) is 17.7 Å². The van der Waals surface area contributed by atoms with Gasteiger partial charge in [0.2, 0.25) is 0 Å². The minimum Gasteiger partial charge on any atom is -0.495 e. The maximum atomic E-state index is 12.6. The van der Waals surface area contributed by atoms with E-state index in [9.17, 15) is 9.59 Å². The van der Waals surface area contributed by atoms with Crippen molar-refractivity contribution in [3.05, 3.63) is 77.6 Å². The second-order valence-electron chi connectivity index (χ2n) is 6.99. The average Bonchev–Trinajstić information content (AvgIpc) is 3.07. The molecule has 0 bridgehead atoms. The Bertz CT molecular complexity index is 1280. The standard InChI is InChI=1S/C23H21N5O3/c1-14-18-12-16(13-24-21(18)28(2)27-14)23(30)25-17-10-8-15(9-11-17)22(29)26-19-6-4-5-7-20(19)31-3/h4-13H,1-3H3,(H,25,30)(H,26,29). The van der Waals surface area contributed by atoms with Gasteiger partial charge < -0.3 is 15.4 Å². The molecule has 2 aromatic heterocycles. The molecule has 0 aliphatic heterocycles. The number of carbonyl (C=O) groups is 2. The van der Waals surface area contributed by atoms with Crippen LogP contribution in [0.1, 0.15) is 26.4 Å². The van der Waals surface area contributed by atoms with Crippen LogP contribution in [-0.2, 0) is 7.05 Å². The Hall–Kier alpha value is -4.20. The molecule has 2 heterocycles. The lowest BCUT2D eigenvalue weighted by atomic mass is 10.1. The molecule has 8 heteroatoms. The molecule has 0 unspecified atom stereocenters.